The number of anilines is 1. The van der Waals surface area contributed by atoms with Crippen LogP contribution in [0, 0.1) is 6.92 Å². The van der Waals surface area contributed by atoms with E-state index < -0.39 is 24.5 Å². The number of amides is 1. The van der Waals surface area contributed by atoms with Gasteiger partial charge in [0.15, 0.2) is 18.1 Å². The number of hydrogen-bond donors (Lipinski definition) is 1. The third kappa shape index (κ3) is 5.16. The molecule has 2 heterocycles. The fourth-order valence-electron chi connectivity index (χ4n) is 3.42. The summed E-state index contributed by atoms with van der Waals surface area (Å²) in [4.78, 5) is 38.1. The Labute approximate surface area is 204 Å². The smallest absolute Gasteiger partial charge is 0.341 e. The lowest BCUT2D eigenvalue weighted by Gasteiger charge is -2.09. The maximum absolute atomic E-state index is 12.6. The van der Waals surface area contributed by atoms with E-state index in [2.05, 4.69) is 5.32 Å². The van der Waals surface area contributed by atoms with Gasteiger partial charge in [0.05, 0.1) is 18.2 Å². The van der Waals surface area contributed by atoms with Gasteiger partial charge < -0.3 is 24.3 Å². The highest BCUT2D eigenvalue weighted by atomic mass is 35.5. The monoisotopic (exact) mass is 501 g/mol. The average Bonchev–Trinajstić information content (AvgIpc) is 3.41. The van der Waals surface area contributed by atoms with Gasteiger partial charge in [-0.1, -0.05) is 17.7 Å². The normalized spacial score (nSPS) is 11.7. The zero-order valence-electron chi connectivity index (χ0n) is 18.3. The Morgan fingerprint density at radius 2 is 1.79 bits per heavy atom. The molecule has 1 aromatic heterocycles. The summed E-state index contributed by atoms with van der Waals surface area (Å²) in [6.45, 7) is 1.51. The summed E-state index contributed by atoms with van der Waals surface area (Å²) in [5, 5.41) is 3.47. The average molecular weight is 502 g/mol. The van der Waals surface area contributed by atoms with Crippen LogP contribution in [0.2, 0.25) is 5.02 Å². The van der Waals surface area contributed by atoms with Crippen molar-refractivity contribution in [2.75, 3.05) is 25.8 Å². The Hall–Kier alpha value is -3.56. The number of carbonyl (C=O) groups excluding carboxylic acids is 3. The van der Waals surface area contributed by atoms with E-state index in [1.165, 1.54) is 30.6 Å². The van der Waals surface area contributed by atoms with Gasteiger partial charge in [0.25, 0.3) is 5.91 Å². The SMILES string of the molecule is COC(=O)c1c(NC(=O)COC(=O)c2ccc(Cl)cc2)sc(C)c1Cc1ccc2c(c1)OCO2. The number of aryl methyl sites for hydroxylation is 1. The number of esters is 2. The molecule has 0 bridgehead atoms. The van der Waals surface area contributed by atoms with Crippen LogP contribution >= 0.6 is 22.9 Å². The number of thiophene rings is 1. The summed E-state index contributed by atoms with van der Waals surface area (Å²) in [5.41, 5.74) is 2.17. The fourth-order valence-corrected chi connectivity index (χ4v) is 4.62. The molecule has 0 fully saturated rings. The minimum absolute atomic E-state index is 0.169. The van der Waals surface area contributed by atoms with Gasteiger partial charge in [0.1, 0.15) is 5.00 Å². The molecule has 1 N–H and O–H groups in total. The van der Waals surface area contributed by atoms with E-state index in [0.29, 0.717) is 27.9 Å². The Kier molecular flexibility index (Phi) is 7.04. The molecule has 10 heteroatoms. The Bertz CT molecular complexity index is 1250. The van der Waals surface area contributed by atoms with E-state index >= 15 is 0 Å². The van der Waals surface area contributed by atoms with Crippen LogP contribution in [0.4, 0.5) is 5.00 Å². The highest BCUT2D eigenvalue weighted by Crippen LogP contribution is 2.37. The molecule has 0 aliphatic carbocycles. The first-order valence-electron chi connectivity index (χ1n) is 10.2. The topological polar surface area (TPSA) is 100 Å². The Balaban J connectivity index is 1.49. The minimum atomic E-state index is -0.661. The highest BCUT2D eigenvalue weighted by molar-refractivity contribution is 7.16. The molecule has 2 aromatic carbocycles. The summed E-state index contributed by atoms with van der Waals surface area (Å²) < 4.78 is 20.8. The van der Waals surface area contributed by atoms with E-state index in [0.717, 1.165) is 16.0 Å². The van der Waals surface area contributed by atoms with Crippen LogP contribution in [0.1, 0.15) is 36.7 Å². The predicted octanol–water partition coefficient (Wildman–Crippen LogP) is 4.61. The van der Waals surface area contributed by atoms with Crippen molar-refractivity contribution in [1.29, 1.82) is 0 Å². The van der Waals surface area contributed by atoms with Gasteiger partial charge in [-0.2, -0.15) is 0 Å². The molecule has 0 atom stereocenters. The van der Waals surface area contributed by atoms with Gasteiger partial charge in [-0.15, -0.1) is 11.3 Å². The number of carbonyl (C=O) groups is 3. The van der Waals surface area contributed by atoms with Crippen LogP contribution in [-0.2, 0) is 20.7 Å². The van der Waals surface area contributed by atoms with Gasteiger partial charge in [0, 0.05) is 9.90 Å². The van der Waals surface area contributed by atoms with Crippen LogP contribution in [0.15, 0.2) is 42.5 Å². The molecule has 1 aliphatic rings. The van der Waals surface area contributed by atoms with E-state index in [4.69, 9.17) is 30.5 Å². The number of hydrogen-bond acceptors (Lipinski definition) is 8. The summed E-state index contributed by atoms with van der Waals surface area (Å²) in [6, 6.07) is 11.7. The summed E-state index contributed by atoms with van der Waals surface area (Å²) >= 11 is 7.06. The largest absolute Gasteiger partial charge is 0.465 e. The van der Waals surface area contributed by atoms with E-state index in [1.807, 2.05) is 25.1 Å². The van der Waals surface area contributed by atoms with Gasteiger partial charge in [0.2, 0.25) is 6.79 Å². The van der Waals surface area contributed by atoms with Crippen LogP contribution in [0.5, 0.6) is 11.5 Å². The summed E-state index contributed by atoms with van der Waals surface area (Å²) in [7, 11) is 1.28. The van der Waals surface area contributed by atoms with Crippen molar-refractivity contribution in [3.05, 3.63) is 74.6 Å². The first-order chi connectivity index (χ1) is 16.4. The molecule has 0 radical (unpaired) electrons. The quantitative estimate of drug-likeness (QED) is 0.472. The molecule has 34 heavy (non-hydrogen) atoms. The second kappa shape index (κ2) is 10.1. The van der Waals surface area contributed by atoms with Gasteiger partial charge in [-0.25, -0.2) is 9.59 Å². The van der Waals surface area contributed by atoms with Crippen LogP contribution in [-0.4, -0.2) is 38.4 Å². The second-order valence-electron chi connectivity index (χ2n) is 7.33. The van der Waals surface area contributed by atoms with Crippen molar-refractivity contribution in [2.24, 2.45) is 0 Å². The van der Waals surface area contributed by atoms with E-state index in [-0.39, 0.29) is 17.9 Å². The molecule has 1 amide bonds. The molecule has 176 valence electrons. The molecule has 0 saturated carbocycles. The Morgan fingerprint density at radius 3 is 2.53 bits per heavy atom. The third-order valence-corrected chi connectivity index (χ3v) is 6.40. The lowest BCUT2D eigenvalue weighted by atomic mass is 10.0. The van der Waals surface area contributed by atoms with Crippen LogP contribution in [0.3, 0.4) is 0 Å². The minimum Gasteiger partial charge on any atom is -0.465 e. The van der Waals surface area contributed by atoms with Gasteiger partial charge >= 0.3 is 11.9 Å². The molecule has 0 saturated heterocycles. The number of fused-ring (bicyclic) bond motifs is 1. The molecule has 0 spiro atoms. The zero-order valence-corrected chi connectivity index (χ0v) is 19.9. The molecule has 8 nitrogen and oxygen atoms in total. The standard InChI is InChI=1S/C24H20ClNO7S/c1-13-17(9-14-3-8-18-19(10-14)33-12-32-18)21(24(29)30-2)22(34-13)26-20(27)11-31-23(28)15-4-6-16(25)7-5-15/h3-8,10H,9,11-12H2,1-2H3,(H,26,27). The Morgan fingerprint density at radius 1 is 1.06 bits per heavy atom. The summed E-state index contributed by atoms with van der Waals surface area (Å²) in [5.74, 6) is -0.510. The van der Waals surface area contributed by atoms with Crippen LogP contribution in [0.25, 0.3) is 0 Å². The maximum Gasteiger partial charge on any atom is 0.341 e. The lowest BCUT2D eigenvalue weighted by molar-refractivity contribution is -0.119. The predicted molar refractivity (Wildman–Crippen MR) is 126 cm³/mol. The van der Waals surface area contributed by atoms with Crippen molar-refractivity contribution in [1.82, 2.24) is 0 Å². The number of benzene rings is 2. The fraction of sp³-hybridized carbons (Fsp3) is 0.208. The van der Waals surface area contributed by atoms with Gasteiger partial charge in [-0.05, 0) is 60.9 Å². The number of nitrogens with one attached hydrogen (secondary N) is 1. The second-order valence-corrected chi connectivity index (χ2v) is 8.99. The molecule has 3 aromatic rings. The third-order valence-electron chi connectivity index (χ3n) is 5.08. The first-order valence-corrected chi connectivity index (χ1v) is 11.4. The molecule has 4 rings (SSSR count). The van der Waals surface area contributed by atoms with Crippen LogP contribution < -0.4 is 14.8 Å². The lowest BCUT2D eigenvalue weighted by Crippen LogP contribution is -2.21. The van der Waals surface area contributed by atoms with Crippen molar-refractivity contribution >= 4 is 45.8 Å². The molecular weight excluding hydrogens is 482 g/mol. The van der Waals surface area contributed by atoms with Crippen molar-refractivity contribution < 1.29 is 33.3 Å². The summed E-state index contributed by atoms with van der Waals surface area (Å²) in [6.07, 6.45) is 0.421. The number of rotatable bonds is 7. The van der Waals surface area contributed by atoms with Crippen molar-refractivity contribution in [3.63, 3.8) is 0 Å². The number of ether oxygens (including phenoxy) is 4. The van der Waals surface area contributed by atoms with Gasteiger partial charge in [-0.3, -0.25) is 4.79 Å². The van der Waals surface area contributed by atoms with Crippen molar-refractivity contribution in [2.45, 2.75) is 13.3 Å². The molecule has 0 unspecified atom stereocenters. The van der Waals surface area contributed by atoms with E-state index in [9.17, 15) is 14.4 Å². The van der Waals surface area contributed by atoms with Crippen molar-refractivity contribution in [3.8, 4) is 11.5 Å². The number of methoxy groups -OCH3 is 1. The molecule has 1 aliphatic heterocycles. The zero-order chi connectivity index (χ0) is 24.2. The maximum atomic E-state index is 12.6. The molecular formula is C24H20ClNO7S. The number of halogens is 1. The first kappa shape index (κ1) is 23.6. The highest BCUT2D eigenvalue weighted by Gasteiger charge is 2.25. The van der Waals surface area contributed by atoms with E-state index in [1.54, 1.807) is 12.1 Å².